The van der Waals surface area contributed by atoms with Gasteiger partial charge < -0.3 is 10.4 Å². The average molecular weight is 207 g/mol. The Hall–Kier alpha value is -1.16. The number of aliphatic hydroxyl groups excluding tert-OH is 1. The van der Waals surface area contributed by atoms with Crippen molar-refractivity contribution < 1.29 is 5.11 Å². The van der Waals surface area contributed by atoms with Crippen LogP contribution in [0.3, 0.4) is 0 Å². The van der Waals surface area contributed by atoms with Crippen LogP contribution >= 0.6 is 0 Å². The van der Waals surface area contributed by atoms with E-state index in [9.17, 15) is 5.11 Å². The van der Waals surface area contributed by atoms with Gasteiger partial charge in [0.15, 0.2) is 0 Å². The summed E-state index contributed by atoms with van der Waals surface area (Å²) in [6.07, 6.45) is 7.73. The topological polar surface area (TPSA) is 58.0 Å². The van der Waals surface area contributed by atoms with Crippen LogP contribution in [0.25, 0.3) is 0 Å². The third-order valence-corrected chi connectivity index (χ3v) is 3.13. The molecule has 0 atom stereocenters. The van der Waals surface area contributed by atoms with Crippen molar-refractivity contribution in [2.45, 2.75) is 38.1 Å². The number of hydrogen-bond donors (Lipinski definition) is 2. The molecule has 4 heteroatoms. The number of aromatic nitrogens is 2. The van der Waals surface area contributed by atoms with E-state index in [0.717, 1.165) is 24.4 Å². The van der Waals surface area contributed by atoms with Crippen molar-refractivity contribution in [2.75, 3.05) is 11.9 Å². The molecule has 2 rings (SSSR count). The Balaban J connectivity index is 2.16. The standard InChI is InChI=1S/C11H17N3O/c1-9-10(13-7-6-12-9)14-11(8-15)4-2-3-5-11/h6-7,15H,2-5,8H2,1H3,(H,13,14). The van der Waals surface area contributed by atoms with Crippen LogP contribution in [0.1, 0.15) is 31.4 Å². The van der Waals surface area contributed by atoms with Crippen LogP contribution in [0.15, 0.2) is 12.4 Å². The van der Waals surface area contributed by atoms with Gasteiger partial charge in [0.2, 0.25) is 0 Å². The van der Waals surface area contributed by atoms with Crippen LogP contribution in [0.5, 0.6) is 0 Å². The molecule has 0 spiro atoms. The van der Waals surface area contributed by atoms with Gasteiger partial charge in [-0.3, -0.25) is 4.98 Å². The van der Waals surface area contributed by atoms with E-state index in [2.05, 4.69) is 15.3 Å². The zero-order chi connectivity index (χ0) is 10.7. The maximum absolute atomic E-state index is 9.46. The molecule has 0 radical (unpaired) electrons. The summed E-state index contributed by atoms with van der Waals surface area (Å²) in [4.78, 5) is 8.43. The Bertz CT molecular complexity index is 334. The molecule has 1 heterocycles. The first-order valence-electron chi connectivity index (χ1n) is 5.42. The summed E-state index contributed by atoms with van der Waals surface area (Å²) >= 11 is 0. The van der Waals surface area contributed by atoms with Gasteiger partial charge in [-0.2, -0.15) is 0 Å². The van der Waals surface area contributed by atoms with Gasteiger partial charge in [-0.05, 0) is 19.8 Å². The molecule has 1 aliphatic rings. The lowest BCUT2D eigenvalue weighted by Crippen LogP contribution is -2.39. The third kappa shape index (κ3) is 2.09. The van der Waals surface area contributed by atoms with E-state index in [0.29, 0.717) is 0 Å². The molecule has 0 unspecified atom stereocenters. The number of anilines is 1. The molecule has 1 saturated carbocycles. The van der Waals surface area contributed by atoms with E-state index in [4.69, 9.17) is 0 Å². The molecular weight excluding hydrogens is 190 g/mol. The van der Waals surface area contributed by atoms with Crippen molar-refractivity contribution in [1.29, 1.82) is 0 Å². The van der Waals surface area contributed by atoms with Crippen LogP contribution in [-0.2, 0) is 0 Å². The van der Waals surface area contributed by atoms with Gasteiger partial charge in [0, 0.05) is 12.4 Å². The first-order valence-corrected chi connectivity index (χ1v) is 5.42. The highest BCUT2D eigenvalue weighted by molar-refractivity contribution is 5.41. The summed E-state index contributed by atoms with van der Waals surface area (Å²) < 4.78 is 0. The highest BCUT2D eigenvalue weighted by Crippen LogP contribution is 2.32. The number of aryl methyl sites for hydroxylation is 1. The zero-order valence-electron chi connectivity index (χ0n) is 9.03. The first kappa shape index (κ1) is 10.4. The molecular formula is C11H17N3O. The van der Waals surface area contributed by atoms with Gasteiger partial charge in [-0.25, -0.2) is 4.98 Å². The van der Waals surface area contributed by atoms with Crippen LogP contribution in [0.4, 0.5) is 5.82 Å². The van der Waals surface area contributed by atoms with Crippen LogP contribution in [-0.4, -0.2) is 27.2 Å². The Labute approximate surface area is 89.8 Å². The molecule has 1 aliphatic carbocycles. The van der Waals surface area contributed by atoms with Crippen molar-refractivity contribution in [3.05, 3.63) is 18.1 Å². The highest BCUT2D eigenvalue weighted by atomic mass is 16.3. The van der Waals surface area contributed by atoms with E-state index >= 15 is 0 Å². The summed E-state index contributed by atoms with van der Waals surface area (Å²) in [6, 6.07) is 0. The Morgan fingerprint density at radius 1 is 1.33 bits per heavy atom. The number of nitrogens with zero attached hydrogens (tertiary/aromatic N) is 2. The smallest absolute Gasteiger partial charge is 0.147 e. The maximum atomic E-state index is 9.46. The molecule has 0 aliphatic heterocycles. The second-order valence-corrected chi connectivity index (χ2v) is 4.26. The SMILES string of the molecule is Cc1nccnc1NC1(CO)CCCC1. The fourth-order valence-electron chi connectivity index (χ4n) is 2.16. The van der Waals surface area contributed by atoms with E-state index in [1.54, 1.807) is 12.4 Å². The van der Waals surface area contributed by atoms with Crippen molar-refractivity contribution in [1.82, 2.24) is 9.97 Å². The number of rotatable bonds is 3. The minimum Gasteiger partial charge on any atom is -0.394 e. The van der Waals surface area contributed by atoms with Crippen LogP contribution < -0.4 is 5.32 Å². The predicted molar refractivity (Wildman–Crippen MR) is 58.7 cm³/mol. The number of aliphatic hydroxyl groups is 1. The van der Waals surface area contributed by atoms with E-state index in [1.165, 1.54) is 12.8 Å². The lowest BCUT2D eigenvalue weighted by atomic mass is 9.99. The van der Waals surface area contributed by atoms with Gasteiger partial charge in [0.1, 0.15) is 5.82 Å². The fourth-order valence-corrected chi connectivity index (χ4v) is 2.16. The molecule has 0 amide bonds. The van der Waals surface area contributed by atoms with Gasteiger partial charge >= 0.3 is 0 Å². The van der Waals surface area contributed by atoms with Crippen LogP contribution in [0.2, 0.25) is 0 Å². The van der Waals surface area contributed by atoms with Crippen molar-refractivity contribution in [3.8, 4) is 0 Å². The Morgan fingerprint density at radius 2 is 2.00 bits per heavy atom. The normalized spacial score (nSPS) is 19.1. The molecule has 1 aromatic rings. The molecule has 1 aromatic heterocycles. The Kier molecular flexibility index (Phi) is 2.86. The van der Waals surface area contributed by atoms with E-state index < -0.39 is 0 Å². The molecule has 0 bridgehead atoms. The van der Waals surface area contributed by atoms with Gasteiger partial charge in [-0.15, -0.1) is 0 Å². The minimum absolute atomic E-state index is 0.166. The lowest BCUT2D eigenvalue weighted by molar-refractivity contribution is 0.213. The molecule has 2 N–H and O–H groups in total. The quantitative estimate of drug-likeness (QED) is 0.788. The molecule has 0 saturated heterocycles. The molecule has 82 valence electrons. The van der Waals surface area contributed by atoms with Crippen molar-refractivity contribution in [2.24, 2.45) is 0 Å². The second kappa shape index (κ2) is 4.14. The van der Waals surface area contributed by atoms with Crippen LogP contribution in [0, 0.1) is 6.92 Å². The monoisotopic (exact) mass is 207 g/mol. The summed E-state index contributed by atoms with van der Waals surface area (Å²) in [5.41, 5.74) is 0.720. The average Bonchev–Trinajstić information content (AvgIpc) is 2.71. The molecule has 0 aromatic carbocycles. The summed E-state index contributed by atoms with van der Waals surface area (Å²) in [7, 11) is 0. The maximum Gasteiger partial charge on any atom is 0.147 e. The highest BCUT2D eigenvalue weighted by Gasteiger charge is 2.33. The summed E-state index contributed by atoms with van der Waals surface area (Å²) in [6.45, 7) is 2.10. The zero-order valence-corrected chi connectivity index (χ0v) is 9.03. The van der Waals surface area contributed by atoms with E-state index in [1.807, 2.05) is 6.92 Å². The van der Waals surface area contributed by atoms with Gasteiger partial charge in [0.25, 0.3) is 0 Å². The van der Waals surface area contributed by atoms with E-state index in [-0.39, 0.29) is 12.1 Å². The third-order valence-electron chi connectivity index (χ3n) is 3.13. The summed E-state index contributed by atoms with van der Waals surface area (Å²) in [5, 5.41) is 12.8. The number of hydrogen-bond acceptors (Lipinski definition) is 4. The largest absolute Gasteiger partial charge is 0.394 e. The Morgan fingerprint density at radius 3 is 2.60 bits per heavy atom. The fraction of sp³-hybridized carbons (Fsp3) is 0.636. The lowest BCUT2D eigenvalue weighted by Gasteiger charge is -2.28. The molecule has 15 heavy (non-hydrogen) atoms. The van der Waals surface area contributed by atoms with Crippen molar-refractivity contribution in [3.63, 3.8) is 0 Å². The summed E-state index contributed by atoms with van der Waals surface area (Å²) in [5.74, 6) is 0.799. The van der Waals surface area contributed by atoms with Gasteiger partial charge in [0.05, 0.1) is 17.8 Å². The van der Waals surface area contributed by atoms with Gasteiger partial charge in [-0.1, -0.05) is 12.8 Å². The number of nitrogens with one attached hydrogen (secondary N) is 1. The molecule has 1 fully saturated rings. The first-order chi connectivity index (χ1) is 7.26. The second-order valence-electron chi connectivity index (χ2n) is 4.26. The molecule has 4 nitrogen and oxygen atoms in total. The predicted octanol–water partition coefficient (Wildman–Crippen LogP) is 1.50. The van der Waals surface area contributed by atoms with Crippen molar-refractivity contribution >= 4 is 5.82 Å². The minimum atomic E-state index is -0.166.